The molecular weight excluding hydrogens is 256 g/mol. The maximum atomic E-state index is 11.8. The minimum atomic E-state index is 0.117. The van der Waals surface area contributed by atoms with Crippen molar-refractivity contribution in [1.29, 1.82) is 0 Å². The van der Waals surface area contributed by atoms with Crippen molar-refractivity contribution in [3.63, 3.8) is 0 Å². The van der Waals surface area contributed by atoms with Crippen molar-refractivity contribution in [3.8, 4) is 11.5 Å². The van der Waals surface area contributed by atoms with E-state index >= 15 is 0 Å². The first-order valence-electron chi connectivity index (χ1n) is 6.94. The molecule has 1 aliphatic rings. The van der Waals surface area contributed by atoms with Crippen molar-refractivity contribution in [1.82, 2.24) is 5.32 Å². The van der Waals surface area contributed by atoms with Crippen LogP contribution in [0.3, 0.4) is 0 Å². The van der Waals surface area contributed by atoms with Crippen molar-refractivity contribution >= 4 is 5.91 Å². The second-order valence-corrected chi connectivity index (χ2v) is 5.33. The van der Waals surface area contributed by atoms with E-state index in [1.807, 2.05) is 25.2 Å². The standard InChI is InChI=1S/C15H22N2O3/c1-17(10-15(18)16-12-4-5-12)9-11-8-13(19-2)6-7-14(11)20-3/h6-8,12H,4-5,9-10H2,1-3H3,(H,16,18)/p+1. The average molecular weight is 279 g/mol. The SMILES string of the molecule is COc1ccc(OC)c(C[NH+](C)CC(=O)NC2CC2)c1. The van der Waals surface area contributed by atoms with Crippen LogP contribution in [0.25, 0.3) is 0 Å². The molecule has 1 unspecified atom stereocenters. The fourth-order valence-corrected chi connectivity index (χ4v) is 2.19. The van der Waals surface area contributed by atoms with E-state index in [0.717, 1.165) is 41.3 Å². The summed E-state index contributed by atoms with van der Waals surface area (Å²) in [5.74, 6) is 1.75. The molecule has 0 heterocycles. The lowest BCUT2D eigenvalue weighted by molar-refractivity contribution is -0.885. The van der Waals surface area contributed by atoms with Gasteiger partial charge in [-0.2, -0.15) is 0 Å². The van der Waals surface area contributed by atoms with Gasteiger partial charge in [0.1, 0.15) is 18.0 Å². The highest BCUT2D eigenvalue weighted by Gasteiger charge is 2.24. The number of benzene rings is 1. The fourth-order valence-electron chi connectivity index (χ4n) is 2.19. The van der Waals surface area contributed by atoms with E-state index in [1.54, 1.807) is 14.2 Å². The Hall–Kier alpha value is -1.75. The number of carbonyl (C=O) groups is 1. The Morgan fingerprint density at radius 2 is 2.10 bits per heavy atom. The van der Waals surface area contributed by atoms with Gasteiger partial charge in [0.15, 0.2) is 6.54 Å². The van der Waals surface area contributed by atoms with E-state index in [2.05, 4.69) is 5.32 Å². The maximum Gasteiger partial charge on any atom is 0.275 e. The molecular formula is C15H23N2O3+. The predicted octanol–water partition coefficient (Wildman–Crippen LogP) is -0.00290. The van der Waals surface area contributed by atoms with Gasteiger partial charge in [-0.05, 0) is 31.0 Å². The molecule has 2 N–H and O–H groups in total. The summed E-state index contributed by atoms with van der Waals surface area (Å²) >= 11 is 0. The fraction of sp³-hybridized carbons (Fsp3) is 0.533. The quantitative estimate of drug-likeness (QED) is 0.738. The van der Waals surface area contributed by atoms with Crippen molar-refractivity contribution < 1.29 is 19.2 Å². The maximum absolute atomic E-state index is 11.8. The minimum Gasteiger partial charge on any atom is -0.497 e. The number of nitrogens with one attached hydrogen (secondary N) is 2. The first-order chi connectivity index (χ1) is 9.62. The Labute approximate surface area is 119 Å². The van der Waals surface area contributed by atoms with E-state index in [1.165, 1.54) is 0 Å². The van der Waals surface area contributed by atoms with Crippen LogP contribution in [0.5, 0.6) is 11.5 Å². The van der Waals surface area contributed by atoms with Crippen molar-refractivity contribution in [2.75, 3.05) is 27.8 Å². The van der Waals surface area contributed by atoms with Gasteiger partial charge in [-0.1, -0.05) is 0 Å². The van der Waals surface area contributed by atoms with E-state index in [4.69, 9.17) is 9.47 Å². The number of hydrogen-bond acceptors (Lipinski definition) is 3. The molecule has 1 aliphatic carbocycles. The van der Waals surface area contributed by atoms with E-state index in [0.29, 0.717) is 12.6 Å². The molecule has 5 heteroatoms. The number of rotatable bonds is 7. The Morgan fingerprint density at radius 1 is 1.35 bits per heavy atom. The first kappa shape index (κ1) is 14.7. The van der Waals surface area contributed by atoms with Crippen LogP contribution in [-0.4, -0.2) is 39.8 Å². The number of hydrogen-bond donors (Lipinski definition) is 2. The highest BCUT2D eigenvalue weighted by Crippen LogP contribution is 2.23. The average Bonchev–Trinajstić information content (AvgIpc) is 3.22. The van der Waals surface area contributed by atoms with Gasteiger partial charge in [0, 0.05) is 6.04 Å². The van der Waals surface area contributed by atoms with E-state index < -0.39 is 0 Å². The summed E-state index contributed by atoms with van der Waals surface area (Å²) in [6.45, 7) is 1.19. The van der Waals surface area contributed by atoms with Crippen molar-refractivity contribution in [2.24, 2.45) is 0 Å². The molecule has 0 spiro atoms. The van der Waals surface area contributed by atoms with Gasteiger partial charge in [-0.3, -0.25) is 4.79 Å². The number of carbonyl (C=O) groups excluding carboxylic acids is 1. The smallest absolute Gasteiger partial charge is 0.275 e. The largest absolute Gasteiger partial charge is 0.497 e. The Morgan fingerprint density at radius 3 is 2.70 bits per heavy atom. The van der Waals surface area contributed by atoms with Crippen LogP contribution in [0.15, 0.2) is 18.2 Å². The van der Waals surface area contributed by atoms with Gasteiger partial charge in [0.2, 0.25) is 0 Å². The minimum absolute atomic E-state index is 0.117. The highest BCUT2D eigenvalue weighted by atomic mass is 16.5. The third kappa shape index (κ3) is 4.13. The summed E-state index contributed by atoms with van der Waals surface area (Å²) in [6.07, 6.45) is 2.24. The van der Waals surface area contributed by atoms with Crippen LogP contribution in [0.4, 0.5) is 0 Å². The summed E-state index contributed by atoms with van der Waals surface area (Å²) in [5, 5.41) is 3.01. The molecule has 110 valence electrons. The zero-order valence-electron chi connectivity index (χ0n) is 12.4. The lowest BCUT2D eigenvalue weighted by atomic mass is 10.1. The summed E-state index contributed by atoms with van der Waals surface area (Å²) in [4.78, 5) is 12.9. The summed E-state index contributed by atoms with van der Waals surface area (Å²) in [6, 6.07) is 6.14. The molecule has 0 aliphatic heterocycles. The highest BCUT2D eigenvalue weighted by molar-refractivity contribution is 5.77. The van der Waals surface area contributed by atoms with Gasteiger partial charge >= 0.3 is 0 Å². The molecule has 1 fully saturated rings. The van der Waals surface area contributed by atoms with Gasteiger partial charge in [-0.15, -0.1) is 0 Å². The number of amides is 1. The van der Waals surface area contributed by atoms with Gasteiger partial charge < -0.3 is 19.7 Å². The summed E-state index contributed by atoms with van der Waals surface area (Å²) < 4.78 is 10.6. The second kappa shape index (κ2) is 6.61. The molecule has 1 amide bonds. The molecule has 1 aromatic rings. The van der Waals surface area contributed by atoms with Crippen LogP contribution in [0.1, 0.15) is 18.4 Å². The van der Waals surface area contributed by atoms with Gasteiger partial charge in [0.25, 0.3) is 5.91 Å². The molecule has 0 aromatic heterocycles. The molecule has 5 nitrogen and oxygen atoms in total. The number of likely N-dealkylation sites (N-methyl/N-ethyl adjacent to an activating group) is 1. The number of ether oxygens (including phenoxy) is 2. The summed E-state index contributed by atoms with van der Waals surface area (Å²) in [5.41, 5.74) is 1.04. The zero-order valence-corrected chi connectivity index (χ0v) is 12.4. The zero-order chi connectivity index (χ0) is 14.5. The van der Waals surface area contributed by atoms with E-state index in [9.17, 15) is 4.79 Å². The molecule has 1 atom stereocenters. The summed E-state index contributed by atoms with van der Waals surface area (Å²) in [7, 11) is 5.30. The Balaban J connectivity index is 1.94. The van der Waals surface area contributed by atoms with Gasteiger partial charge in [-0.25, -0.2) is 0 Å². The monoisotopic (exact) mass is 279 g/mol. The molecule has 0 saturated heterocycles. The topological polar surface area (TPSA) is 52.0 Å². The molecule has 20 heavy (non-hydrogen) atoms. The normalized spacial score (nSPS) is 15.6. The van der Waals surface area contributed by atoms with Crippen molar-refractivity contribution in [2.45, 2.75) is 25.4 Å². The Kier molecular flexibility index (Phi) is 4.84. The van der Waals surface area contributed by atoms with Crippen LogP contribution in [0, 0.1) is 0 Å². The van der Waals surface area contributed by atoms with Crippen molar-refractivity contribution in [3.05, 3.63) is 23.8 Å². The molecule has 0 bridgehead atoms. The third-order valence-corrected chi connectivity index (χ3v) is 3.38. The van der Waals surface area contributed by atoms with Crippen LogP contribution >= 0.6 is 0 Å². The lowest BCUT2D eigenvalue weighted by Crippen LogP contribution is -3.08. The van der Waals surface area contributed by atoms with Crippen LogP contribution < -0.4 is 19.7 Å². The second-order valence-electron chi connectivity index (χ2n) is 5.33. The number of methoxy groups -OCH3 is 2. The predicted molar refractivity (Wildman–Crippen MR) is 76.2 cm³/mol. The molecule has 1 saturated carbocycles. The lowest BCUT2D eigenvalue weighted by Gasteiger charge is -2.16. The first-order valence-corrected chi connectivity index (χ1v) is 6.94. The molecule has 2 rings (SSSR count). The third-order valence-electron chi connectivity index (χ3n) is 3.38. The Bertz CT molecular complexity index is 472. The molecule has 0 radical (unpaired) electrons. The van der Waals surface area contributed by atoms with Crippen LogP contribution in [-0.2, 0) is 11.3 Å². The van der Waals surface area contributed by atoms with Gasteiger partial charge in [0.05, 0.1) is 26.8 Å². The molecule has 1 aromatic carbocycles. The van der Waals surface area contributed by atoms with E-state index in [-0.39, 0.29) is 5.91 Å². The number of quaternary nitrogens is 1. The van der Waals surface area contributed by atoms with Crippen LogP contribution in [0.2, 0.25) is 0 Å².